The molecule has 0 fully saturated rings. The molecule has 0 saturated carbocycles. The summed E-state index contributed by atoms with van der Waals surface area (Å²) >= 11 is 1.73. The molecule has 0 spiro atoms. The number of nitrogens with zero attached hydrogens (tertiary/aromatic N) is 1. The van der Waals surface area contributed by atoms with Gasteiger partial charge in [0.15, 0.2) is 0 Å². The van der Waals surface area contributed by atoms with E-state index in [1.165, 1.54) is 17.8 Å². The molecule has 0 bridgehead atoms. The van der Waals surface area contributed by atoms with Crippen molar-refractivity contribution in [1.29, 1.82) is 0 Å². The number of nitrogens with two attached hydrogens (primary N) is 1. The maximum atomic E-state index is 5.70. The molecule has 2 N–H and O–H groups in total. The van der Waals surface area contributed by atoms with Gasteiger partial charge in [-0.05, 0) is 19.8 Å². The zero-order valence-electron chi connectivity index (χ0n) is 7.71. The summed E-state index contributed by atoms with van der Waals surface area (Å²) in [5, 5.41) is 3.29. The molecule has 1 rings (SSSR count). The highest BCUT2D eigenvalue weighted by Crippen LogP contribution is 2.16. The Morgan fingerprint density at radius 2 is 2.42 bits per heavy atom. The number of thiazole rings is 1. The van der Waals surface area contributed by atoms with E-state index in [0.29, 0.717) is 0 Å². The zero-order chi connectivity index (χ0) is 8.97. The van der Waals surface area contributed by atoms with Crippen LogP contribution < -0.4 is 5.73 Å². The van der Waals surface area contributed by atoms with E-state index in [2.05, 4.69) is 17.3 Å². The van der Waals surface area contributed by atoms with Gasteiger partial charge in [-0.3, -0.25) is 0 Å². The lowest BCUT2D eigenvalue weighted by Crippen LogP contribution is -2.05. The summed E-state index contributed by atoms with van der Waals surface area (Å²) in [6.07, 6.45) is 3.56. The maximum Gasteiger partial charge on any atom is 0.0928 e. The summed E-state index contributed by atoms with van der Waals surface area (Å²) in [4.78, 5) is 4.44. The van der Waals surface area contributed by atoms with E-state index < -0.39 is 0 Å². The van der Waals surface area contributed by atoms with E-state index in [9.17, 15) is 0 Å². The summed E-state index contributed by atoms with van der Waals surface area (Å²) in [5.41, 5.74) is 6.73. The summed E-state index contributed by atoms with van der Waals surface area (Å²) in [5.74, 6) is 0. The Kier molecular flexibility index (Phi) is 3.69. The first-order valence-corrected chi connectivity index (χ1v) is 5.32. The molecule has 12 heavy (non-hydrogen) atoms. The average molecular weight is 184 g/mol. The minimum absolute atomic E-state index is 0.0802. The Balaban J connectivity index is 2.52. The van der Waals surface area contributed by atoms with Gasteiger partial charge in [0.1, 0.15) is 0 Å². The zero-order valence-corrected chi connectivity index (χ0v) is 8.53. The fraction of sp³-hybridized carbons (Fsp3) is 0.667. The van der Waals surface area contributed by atoms with E-state index in [-0.39, 0.29) is 6.04 Å². The lowest BCUT2D eigenvalue weighted by molar-refractivity contribution is 0.757. The molecule has 68 valence electrons. The number of aromatic nitrogens is 1. The molecule has 0 aliphatic heterocycles. The summed E-state index contributed by atoms with van der Waals surface area (Å²) in [6.45, 7) is 4.17. The van der Waals surface area contributed by atoms with Crippen molar-refractivity contribution in [1.82, 2.24) is 4.98 Å². The van der Waals surface area contributed by atoms with Gasteiger partial charge in [-0.25, -0.2) is 4.98 Å². The molecule has 2 nitrogen and oxygen atoms in total. The highest BCUT2D eigenvalue weighted by molar-refractivity contribution is 7.09. The Morgan fingerprint density at radius 3 is 2.92 bits per heavy atom. The molecule has 3 heteroatoms. The van der Waals surface area contributed by atoms with Crippen molar-refractivity contribution in [2.75, 3.05) is 0 Å². The summed E-state index contributed by atoms with van der Waals surface area (Å²) in [7, 11) is 0. The molecular weight excluding hydrogens is 168 g/mol. The van der Waals surface area contributed by atoms with Crippen LogP contribution in [0.1, 0.15) is 43.4 Å². The molecule has 0 aromatic carbocycles. The van der Waals surface area contributed by atoms with Crippen LogP contribution in [0.15, 0.2) is 5.38 Å². The Bertz CT molecular complexity index is 230. The van der Waals surface area contributed by atoms with Crippen LogP contribution in [0.25, 0.3) is 0 Å². The topological polar surface area (TPSA) is 38.9 Å². The molecule has 0 amide bonds. The van der Waals surface area contributed by atoms with Gasteiger partial charge in [0.05, 0.1) is 10.7 Å². The van der Waals surface area contributed by atoms with E-state index in [1.807, 2.05) is 6.92 Å². The van der Waals surface area contributed by atoms with E-state index in [4.69, 9.17) is 5.73 Å². The minimum Gasteiger partial charge on any atom is -0.323 e. The van der Waals surface area contributed by atoms with Gasteiger partial charge < -0.3 is 5.73 Å². The first-order chi connectivity index (χ1) is 5.74. The average Bonchev–Trinajstić information content (AvgIpc) is 2.48. The van der Waals surface area contributed by atoms with Crippen molar-refractivity contribution in [2.45, 2.75) is 39.2 Å². The largest absolute Gasteiger partial charge is 0.323 e. The Hall–Kier alpha value is -0.410. The lowest BCUT2D eigenvalue weighted by Gasteiger charge is -1.97. The van der Waals surface area contributed by atoms with Crippen molar-refractivity contribution in [2.24, 2.45) is 5.73 Å². The van der Waals surface area contributed by atoms with Gasteiger partial charge in [-0.15, -0.1) is 11.3 Å². The molecule has 0 aliphatic rings. The number of hydrogen-bond donors (Lipinski definition) is 1. The quantitative estimate of drug-likeness (QED) is 0.781. The van der Waals surface area contributed by atoms with Crippen LogP contribution in [0.5, 0.6) is 0 Å². The second-order valence-electron chi connectivity index (χ2n) is 3.06. The predicted octanol–water partition coefficient (Wildman–Crippen LogP) is 2.51. The summed E-state index contributed by atoms with van der Waals surface area (Å²) < 4.78 is 0. The number of rotatable bonds is 4. The normalized spacial score (nSPS) is 13.2. The second kappa shape index (κ2) is 4.58. The van der Waals surface area contributed by atoms with Crippen molar-refractivity contribution in [3.8, 4) is 0 Å². The van der Waals surface area contributed by atoms with E-state index in [1.54, 1.807) is 11.3 Å². The number of unbranched alkanes of at least 4 members (excludes halogenated alkanes) is 1. The van der Waals surface area contributed by atoms with Gasteiger partial charge in [-0.2, -0.15) is 0 Å². The molecule has 1 aromatic rings. The third-order valence-electron chi connectivity index (χ3n) is 1.78. The van der Waals surface area contributed by atoms with Crippen LogP contribution in [0.4, 0.5) is 0 Å². The van der Waals surface area contributed by atoms with Crippen LogP contribution in [0, 0.1) is 0 Å². The standard InChI is InChI=1S/C9H16N2S/c1-3-4-5-9-11-8(6-12-9)7(2)10/h6-7H,3-5,10H2,1-2H3. The molecular formula is C9H16N2S. The van der Waals surface area contributed by atoms with Crippen LogP contribution in [0.2, 0.25) is 0 Å². The lowest BCUT2D eigenvalue weighted by atomic mass is 10.2. The van der Waals surface area contributed by atoms with Crippen LogP contribution >= 0.6 is 11.3 Å². The summed E-state index contributed by atoms with van der Waals surface area (Å²) in [6, 6.07) is 0.0802. The number of aryl methyl sites for hydroxylation is 1. The number of hydrogen-bond acceptors (Lipinski definition) is 3. The van der Waals surface area contributed by atoms with Crippen LogP contribution in [-0.4, -0.2) is 4.98 Å². The monoisotopic (exact) mass is 184 g/mol. The Labute approximate surface area is 77.8 Å². The van der Waals surface area contributed by atoms with E-state index >= 15 is 0 Å². The molecule has 0 radical (unpaired) electrons. The van der Waals surface area contributed by atoms with Crippen LogP contribution in [0.3, 0.4) is 0 Å². The highest BCUT2D eigenvalue weighted by Gasteiger charge is 2.04. The first-order valence-electron chi connectivity index (χ1n) is 4.44. The second-order valence-corrected chi connectivity index (χ2v) is 4.00. The van der Waals surface area contributed by atoms with Gasteiger partial charge in [-0.1, -0.05) is 13.3 Å². The molecule has 0 saturated heterocycles. The maximum absolute atomic E-state index is 5.70. The van der Waals surface area contributed by atoms with Crippen molar-refractivity contribution >= 4 is 11.3 Å². The van der Waals surface area contributed by atoms with Gasteiger partial charge in [0.2, 0.25) is 0 Å². The van der Waals surface area contributed by atoms with Crippen molar-refractivity contribution in [3.05, 3.63) is 16.1 Å². The fourth-order valence-corrected chi connectivity index (χ4v) is 1.92. The van der Waals surface area contributed by atoms with Crippen molar-refractivity contribution in [3.63, 3.8) is 0 Å². The molecule has 1 atom stereocenters. The smallest absolute Gasteiger partial charge is 0.0928 e. The molecule has 1 unspecified atom stereocenters. The first kappa shape index (κ1) is 9.68. The third-order valence-corrected chi connectivity index (χ3v) is 2.71. The van der Waals surface area contributed by atoms with Gasteiger partial charge in [0.25, 0.3) is 0 Å². The Morgan fingerprint density at radius 1 is 1.67 bits per heavy atom. The SMILES string of the molecule is CCCCc1nc(C(C)N)cs1. The van der Waals surface area contributed by atoms with Crippen molar-refractivity contribution < 1.29 is 0 Å². The van der Waals surface area contributed by atoms with E-state index in [0.717, 1.165) is 12.1 Å². The highest BCUT2D eigenvalue weighted by atomic mass is 32.1. The molecule has 0 aliphatic carbocycles. The third kappa shape index (κ3) is 2.57. The molecule has 1 heterocycles. The molecule has 1 aromatic heterocycles. The fourth-order valence-electron chi connectivity index (χ4n) is 0.977. The van der Waals surface area contributed by atoms with Gasteiger partial charge >= 0.3 is 0 Å². The van der Waals surface area contributed by atoms with Crippen LogP contribution in [-0.2, 0) is 6.42 Å². The minimum atomic E-state index is 0.0802. The predicted molar refractivity (Wildman–Crippen MR) is 53.3 cm³/mol. The van der Waals surface area contributed by atoms with Gasteiger partial charge in [0, 0.05) is 11.4 Å².